The number of aromatic nitrogens is 2. The van der Waals surface area contributed by atoms with Crippen LogP contribution in [0.3, 0.4) is 0 Å². The van der Waals surface area contributed by atoms with Gasteiger partial charge in [0.05, 0.1) is 16.6 Å². The molecule has 0 aliphatic heterocycles. The van der Waals surface area contributed by atoms with Crippen LogP contribution in [0.5, 0.6) is 0 Å². The third-order valence-corrected chi connectivity index (χ3v) is 7.43. The summed E-state index contributed by atoms with van der Waals surface area (Å²) in [6.45, 7) is 8.63. The van der Waals surface area contributed by atoms with Crippen LogP contribution in [0.4, 0.5) is 4.39 Å². The number of thiol groups is 1. The third-order valence-electron chi connectivity index (χ3n) is 6.99. The summed E-state index contributed by atoms with van der Waals surface area (Å²) < 4.78 is 17.4. The number of benzene rings is 3. The number of hydrogen-bond donors (Lipinski definition) is 3. The first-order valence-electron chi connectivity index (χ1n) is 13.7. The van der Waals surface area contributed by atoms with Crippen LogP contribution in [0.1, 0.15) is 71.3 Å². The average Bonchev–Trinajstić information content (AvgIpc) is 3.25. The van der Waals surface area contributed by atoms with Crippen LogP contribution >= 0.6 is 12.6 Å². The molecule has 1 atom stereocenters. The number of aryl methyl sites for hydroxylation is 2. The Morgan fingerprint density at radius 1 is 1.10 bits per heavy atom. The van der Waals surface area contributed by atoms with Crippen molar-refractivity contribution in [2.75, 3.05) is 5.75 Å². The number of carbonyl (C=O) groups excluding carboxylic acids is 1. The summed E-state index contributed by atoms with van der Waals surface area (Å²) in [4.78, 5) is 29.8. The fourth-order valence-corrected chi connectivity index (χ4v) is 5.38. The van der Waals surface area contributed by atoms with Gasteiger partial charge < -0.3 is 15.0 Å². The molecule has 2 N–H and O–H groups in total. The normalized spacial score (nSPS) is 12.2. The van der Waals surface area contributed by atoms with Gasteiger partial charge in [0.15, 0.2) is 0 Å². The maximum Gasteiger partial charge on any atom is 0.336 e. The van der Waals surface area contributed by atoms with Crippen molar-refractivity contribution >= 4 is 35.5 Å². The Kier molecular flexibility index (Phi) is 9.30. The lowest BCUT2D eigenvalue weighted by Gasteiger charge is -2.19. The number of imidazole rings is 1. The minimum Gasteiger partial charge on any atom is -0.478 e. The van der Waals surface area contributed by atoms with Crippen molar-refractivity contribution in [1.82, 2.24) is 14.9 Å². The number of halogens is 1. The number of aromatic carboxylic acids is 1. The van der Waals surface area contributed by atoms with E-state index < -0.39 is 11.8 Å². The molecule has 0 spiro atoms. The Morgan fingerprint density at radius 2 is 1.85 bits per heavy atom. The van der Waals surface area contributed by atoms with E-state index in [0.717, 1.165) is 41.7 Å². The molecule has 0 radical (unpaired) electrons. The van der Waals surface area contributed by atoms with Crippen LogP contribution in [0.25, 0.3) is 22.2 Å². The fraction of sp³-hybridized carbons (Fsp3) is 0.344. The summed E-state index contributed by atoms with van der Waals surface area (Å²) in [5, 5.41) is 12.7. The smallest absolute Gasteiger partial charge is 0.336 e. The summed E-state index contributed by atoms with van der Waals surface area (Å²) in [5.74, 6) is 0.112. The zero-order chi connectivity index (χ0) is 29.0. The van der Waals surface area contributed by atoms with Crippen LogP contribution in [0.2, 0.25) is 0 Å². The predicted octanol–water partition coefficient (Wildman–Crippen LogP) is 6.92. The number of amides is 1. The second kappa shape index (κ2) is 12.7. The van der Waals surface area contributed by atoms with Gasteiger partial charge in [-0.15, -0.1) is 0 Å². The van der Waals surface area contributed by atoms with Crippen LogP contribution < -0.4 is 5.32 Å². The van der Waals surface area contributed by atoms with Gasteiger partial charge in [-0.25, -0.2) is 14.2 Å². The van der Waals surface area contributed by atoms with Crippen molar-refractivity contribution < 1.29 is 19.1 Å². The maximum atomic E-state index is 15.4. The van der Waals surface area contributed by atoms with Gasteiger partial charge in [0, 0.05) is 35.9 Å². The van der Waals surface area contributed by atoms with Gasteiger partial charge in [0.25, 0.3) is 5.91 Å². The quantitative estimate of drug-likeness (QED) is 0.174. The third kappa shape index (κ3) is 6.39. The van der Waals surface area contributed by atoms with Gasteiger partial charge in [-0.2, -0.15) is 12.6 Å². The highest BCUT2D eigenvalue weighted by Crippen LogP contribution is 2.29. The standard InChI is InChI=1S/C32H36FN3O3S/c1-5-8-29-35-30-20(4)14-22(31(37)34-23(18-40)13-19(2)3)16-28(30)36(29)17-21-11-12-25(27(33)15-21)24-9-6-7-10-26(24)32(38)39/h6-7,9-12,14-16,19,23,40H,5,8,13,17-18H2,1-4H3,(H,34,37)(H,38,39)/t23-/m1/s1. The molecule has 1 heterocycles. The van der Waals surface area contributed by atoms with Crippen molar-refractivity contribution in [3.63, 3.8) is 0 Å². The van der Waals surface area contributed by atoms with Crippen molar-refractivity contribution in [2.24, 2.45) is 5.92 Å². The number of nitrogens with one attached hydrogen (secondary N) is 1. The molecule has 3 aromatic carbocycles. The van der Waals surface area contributed by atoms with Crippen LogP contribution in [-0.2, 0) is 13.0 Å². The number of carboxylic acid groups (broad SMARTS) is 1. The Hall–Kier alpha value is -3.65. The highest BCUT2D eigenvalue weighted by Gasteiger charge is 2.20. The number of hydrogen-bond acceptors (Lipinski definition) is 4. The van der Waals surface area contributed by atoms with E-state index in [1.165, 1.54) is 12.1 Å². The molecule has 6 nitrogen and oxygen atoms in total. The molecule has 0 unspecified atom stereocenters. The highest BCUT2D eigenvalue weighted by atomic mass is 32.1. The first-order valence-corrected chi connectivity index (χ1v) is 14.3. The zero-order valence-electron chi connectivity index (χ0n) is 23.4. The Morgan fingerprint density at radius 3 is 2.50 bits per heavy atom. The minimum absolute atomic E-state index is 0.0276. The predicted molar refractivity (Wildman–Crippen MR) is 161 cm³/mol. The summed E-state index contributed by atoms with van der Waals surface area (Å²) in [7, 11) is 0. The van der Waals surface area contributed by atoms with Crippen LogP contribution in [0, 0.1) is 18.7 Å². The minimum atomic E-state index is -1.10. The number of carbonyl (C=O) groups is 2. The fourth-order valence-electron chi connectivity index (χ4n) is 5.14. The van der Waals surface area contributed by atoms with E-state index >= 15 is 4.39 Å². The molecular weight excluding hydrogens is 525 g/mol. The second-order valence-electron chi connectivity index (χ2n) is 10.7. The SMILES string of the molecule is CCCc1nc2c(C)cc(C(=O)N[C@@H](CS)CC(C)C)cc2n1Cc1ccc(-c2ccccc2C(=O)O)c(F)c1. The van der Waals surface area contributed by atoms with E-state index in [2.05, 4.69) is 38.7 Å². The summed E-state index contributed by atoms with van der Waals surface area (Å²) in [6.07, 6.45) is 2.46. The first-order chi connectivity index (χ1) is 19.1. The molecule has 40 heavy (non-hydrogen) atoms. The Balaban J connectivity index is 1.72. The molecular formula is C32H36FN3O3S. The monoisotopic (exact) mass is 561 g/mol. The van der Waals surface area contributed by atoms with E-state index in [-0.39, 0.29) is 23.1 Å². The van der Waals surface area contributed by atoms with Gasteiger partial charge in [0.1, 0.15) is 11.6 Å². The molecule has 4 rings (SSSR count). The summed E-state index contributed by atoms with van der Waals surface area (Å²) >= 11 is 4.42. The summed E-state index contributed by atoms with van der Waals surface area (Å²) in [5.41, 5.74) is 4.43. The van der Waals surface area contributed by atoms with Gasteiger partial charge in [-0.05, 0) is 66.6 Å². The molecule has 8 heteroatoms. The van der Waals surface area contributed by atoms with Crippen molar-refractivity contribution in [3.8, 4) is 11.1 Å². The molecule has 0 saturated heterocycles. The number of nitrogens with zero attached hydrogens (tertiary/aromatic N) is 2. The number of rotatable bonds is 11. The summed E-state index contributed by atoms with van der Waals surface area (Å²) in [6, 6.07) is 15.0. The Labute approximate surface area is 240 Å². The number of fused-ring (bicyclic) bond motifs is 1. The maximum absolute atomic E-state index is 15.4. The van der Waals surface area contributed by atoms with E-state index in [4.69, 9.17) is 4.98 Å². The van der Waals surface area contributed by atoms with Gasteiger partial charge >= 0.3 is 5.97 Å². The molecule has 0 aliphatic rings. The average molecular weight is 562 g/mol. The molecule has 1 amide bonds. The Bertz CT molecular complexity index is 1550. The topological polar surface area (TPSA) is 84.2 Å². The van der Waals surface area contributed by atoms with Gasteiger partial charge in [-0.1, -0.05) is 51.1 Å². The lowest BCUT2D eigenvalue weighted by Crippen LogP contribution is -2.37. The molecule has 0 saturated carbocycles. The van der Waals surface area contributed by atoms with Crippen LogP contribution in [-0.4, -0.2) is 38.3 Å². The number of carboxylic acids is 1. The lowest BCUT2D eigenvalue weighted by atomic mass is 9.98. The van der Waals surface area contributed by atoms with Crippen molar-refractivity contribution in [3.05, 3.63) is 88.5 Å². The largest absolute Gasteiger partial charge is 0.478 e. The second-order valence-corrected chi connectivity index (χ2v) is 11.0. The van der Waals surface area contributed by atoms with E-state index in [1.807, 2.05) is 29.7 Å². The van der Waals surface area contributed by atoms with E-state index in [9.17, 15) is 14.7 Å². The van der Waals surface area contributed by atoms with Gasteiger partial charge in [-0.3, -0.25) is 4.79 Å². The molecule has 4 aromatic rings. The lowest BCUT2D eigenvalue weighted by molar-refractivity contribution is 0.0697. The van der Waals surface area contributed by atoms with Gasteiger partial charge in [0.2, 0.25) is 0 Å². The molecule has 1 aromatic heterocycles. The molecule has 0 aliphatic carbocycles. The molecule has 0 bridgehead atoms. The van der Waals surface area contributed by atoms with Crippen molar-refractivity contribution in [1.29, 1.82) is 0 Å². The highest BCUT2D eigenvalue weighted by molar-refractivity contribution is 7.80. The zero-order valence-corrected chi connectivity index (χ0v) is 24.3. The van der Waals surface area contributed by atoms with Crippen molar-refractivity contribution in [2.45, 2.75) is 59.5 Å². The van der Waals surface area contributed by atoms with Crippen LogP contribution in [0.15, 0.2) is 54.6 Å². The van der Waals surface area contributed by atoms with E-state index in [1.54, 1.807) is 24.3 Å². The first kappa shape index (κ1) is 29.3. The molecule has 0 fully saturated rings. The molecule has 210 valence electrons. The van der Waals surface area contributed by atoms with E-state index in [0.29, 0.717) is 34.9 Å².